The van der Waals surface area contributed by atoms with E-state index in [0.717, 1.165) is 13.2 Å². The average molecular weight is 373 g/mol. The normalized spacial score (nSPS) is 11.0. The molecule has 9 nitrogen and oxygen atoms in total. The summed E-state index contributed by atoms with van der Waals surface area (Å²) in [6, 6.07) is 3.31. The molecule has 0 amide bonds. The van der Waals surface area contributed by atoms with Crippen LogP contribution in [-0.2, 0) is 33.8 Å². The van der Waals surface area contributed by atoms with Gasteiger partial charge in [-0.1, -0.05) is 12.1 Å². The fraction of sp³-hybridized carbons (Fsp3) is 0.400. The third kappa shape index (κ3) is 5.26. The summed E-state index contributed by atoms with van der Waals surface area (Å²) in [5, 5.41) is 0. The van der Waals surface area contributed by atoms with Gasteiger partial charge in [-0.3, -0.25) is 0 Å². The standard InChI is InChI=1S/C15H19NO8S/c1-4-23-14(18)12(15(19)24-5-2)16-25(20,21)11-9-7-6-8-10(11)13(17)22-3/h6-9,12,16H,4-5H2,1-3H3. The number of sulfonamides is 1. The van der Waals surface area contributed by atoms with Gasteiger partial charge in [0.05, 0.1) is 30.8 Å². The number of carbonyl (C=O) groups excluding carboxylic acids is 3. The molecule has 0 aliphatic heterocycles. The van der Waals surface area contributed by atoms with Crippen molar-refractivity contribution in [2.24, 2.45) is 0 Å². The van der Waals surface area contributed by atoms with Crippen LogP contribution in [0.1, 0.15) is 24.2 Å². The summed E-state index contributed by atoms with van der Waals surface area (Å²) in [4.78, 5) is 35.1. The van der Waals surface area contributed by atoms with Crippen LogP contribution in [0.15, 0.2) is 29.2 Å². The monoisotopic (exact) mass is 373 g/mol. The van der Waals surface area contributed by atoms with Gasteiger partial charge in [-0.25, -0.2) is 22.8 Å². The molecule has 0 radical (unpaired) electrons. The van der Waals surface area contributed by atoms with Crippen molar-refractivity contribution in [3.05, 3.63) is 29.8 Å². The maximum Gasteiger partial charge on any atom is 0.339 e. The zero-order valence-corrected chi connectivity index (χ0v) is 14.8. The van der Waals surface area contributed by atoms with Crippen molar-refractivity contribution in [3.8, 4) is 0 Å². The molecule has 0 saturated heterocycles. The van der Waals surface area contributed by atoms with E-state index in [2.05, 4.69) is 4.74 Å². The lowest BCUT2D eigenvalue weighted by atomic mass is 10.2. The van der Waals surface area contributed by atoms with E-state index in [1.54, 1.807) is 0 Å². The Kier molecular flexibility index (Phi) is 7.52. The van der Waals surface area contributed by atoms with Gasteiger partial charge in [-0.15, -0.1) is 0 Å². The first-order valence-electron chi connectivity index (χ1n) is 7.31. The van der Waals surface area contributed by atoms with E-state index in [0.29, 0.717) is 0 Å². The van der Waals surface area contributed by atoms with Crippen molar-refractivity contribution in [3.63, 3.8) is 0 Å². The lowest BCUT2D eigenvalue weighted by Gasteiger charge is -2.17. The predicted octanol–water partition coefficient (Wildman–Crippen LogP) is 0.246. The molecule has 0 aromatic heterocycles. The highest BCUT2D eigenvalue weighted by Crippen LogP contribution is 2.17. The molecule has 25 heavy (non-hydrogen) atoms. The van der Waals surface area contributed by atoms with E-state index in [9.17, 15) is 22.8 Å². The fourth-order valence-electron chi connectivity index (χ4n) is 1.84. The molecule has 1 rings (SSSR count). The molecule has 0 bridgehead atoms. The molecule has 0 saturated carbocycles. The van der Waals surface area contributed by atoms with Crippen LogP contribution in [0, 0.1) is 0 Å². The minimum absolute atomic E-state index is 0.0603. The Morgan fingerprint density at radius 2 is 1.56 bits per heavy atom. The van der Waals surface area contributed by atoms with E-state index in [1.807, 2.05) is 4.72 Å². The Hall–Kier alpha value is -2.46. The number of benzene rings is 1. The van der Waals surface area contributed by atoms with Gasteiger partial charge >= 0.3 is 17.9 Å². The minimum atomic E-state index is -4.42. The van der Waals surface area contributed by atoms with Crippen molar-refractivity contribution < 1.29 is 37.0 Å². The summed E-state index contributed by atoms with van der Waals surface area (Å²) in [6.07, 6.45) is 0. The topological polar surface area (TPSA) is 125 Å². The van der Waals surface area contributed by atoms with Gasteiger partial charge in [-0.2, -0.15) is 4.72 Å². The van der Waals surface area contributed by atoms with Gasteiger partial charge < -0.3 is 14.2 Å². The highest BCUT2D eigenvalue weighted by molar-refractivity contribution is 7.89. The van der Waals surface area contributed by atoms with Crippen LogP contribution in [-0.4, -0.2) is 52.7 Å². The molecule has 1 N–H and O–H groups in total. The lowest BCUT2D eigenvalue weighted by molar-refractivity contribution is -0.157. The van der Waals surface area contributed by atoms with Gasteiger partial charge in [0, 0.05) is 0 Å². The number of nitrogens with one attached hydrogen (secondary N) is 1. The molecule has 0 fully saturated rings. The van der Waals surface area contributed by atoms with Gasteiger partial charge in [-0.05, 0) is 26.0 Å². The van der Waals surface area contributed by atoms with Crippen LogP contribution in [0.25, 0.3) is 0 Å². The molecule has 0 heterocycles. The first kappa shape index (κ1) is 20.6. The highest BCUT2D eigenvalue weighted by atomic mass is 32.2. The summed E-state index contributed by atoms with van der Waals surface area (Å²) in [6.45, 7) is 2.88. The van der Waals surface area contributed by atoms with Crippen molar-refractivity contribution in [2.45, 2.75) is 24.8 Å². The first-order valence-corrected chi connectivity index (χ1v) is 8.79. The zero-order valence-electron chi connectivity index (χ0n) is 14.0. The molecule has 1 aromatic rings. The minimum Gasteiger partial charge on any atom is -0.465 e. The first-order chi connectivity index (χ1) is 11.8. The summed E-state index contributed by atoms with van der Waals surface area (Å²) in [5.74, 6) is -3.11. The Morgan fingerprint density at radius 1 is 1.04 bits per heavy atom. The molecular formula is C15H19NO8S. The molecule has 1 aromatic carbocycles. The second-order valence-electron chi connectivity index (χ2n) is 4.55. The van der Waals surface area contributed by atoms with Crippen LogP contribution >= 0.6 is 0 Å². The van der Waals surface area contributed by atoms with Crippen molar-refractivity contribution in [1.29, 1.82) is 0 Å². The SMILES string of the molecule is CCOC(=O)C(NS(=O)(=O)c1ccccc1C(=O)OC)C(=O)OCC. The fourth-order valence-corrected chi connectivity index (χ4v) is 3.17. The predicted molar refractivity (Wildman–Crippen MR) is 85.2 cm³/mol. The molecule has 0 atom stereocenters. The van der Waals surface area contributed by atoms with E-state index < -0.39 is 38.9 Å². The van der Waals surface area contributed by atoms with Crippen LogP contribution in [0.2, 0.25) is 0 Å². The van der Waals surface area contributed by atoms with Crippen LogP contribution in [0.3, 0.4) is 0 Å². The van der Waals surface area contributed by atoms with E-state index in [1.165, 1.54) is 32.0 Å². The van der Waals surface area contributed by atoms with E-state index in [4.69, 9.17) is 9.47 Å². The number of methoxy groups -OCH3 is 1. The van der Waals surface area contributed by atoms with E-state index >= 15 is 0 Å². The van der Waals surface area contributed by atoms with Crippen LogP contribution < -0.4 is 4.72 Å². The number of rotatable bonds is 8. The van der Waals surface area contributed by atoms with Crippen LogP contribution in [0.5, 0.6) is 0 Å². The summed E-state index contributed by atoms with van der Waals surface area (Å²) < 4.78 is 41.0. The molecule has 138 valence electrons. The number of ether oxygens (including phenoxy) is 3. The summed E-state index contributed by atoms with van der Waals surface area (Å²) >= 11 is 0. The second-order valence-corrected chi connectivity index (χ2v) is 6.23. The third-order valence-electron chi connectivity index (χ3n) is 2.90. The maximum atomic E-state index is 12.6. The zero-order chi connectivity index (χ0) is 19.0. The van der Waals surface area contributed by atoms with Crippen molar-refractivity contribution in [1.82, 2.24) is 4.72 Å². The number of carbonyl (C=O) groups is 3. The molecule has 0 aliphatic carbocycles. The van der Waals surface area contributed by atoms with Crippen molar-refractivity contribution in [2.75, 3.05) is 20.3 Å². The smallest absolute Gasteiger partial charge is 0.339 e. The number of hydrogen-bond acceptors (Lipinski definition) is 8. The Labute approximate surface area is 145 Å². The molecular weight excluding hydrogens is 354 g/mol. The Morgan fingerprint density at radius 3 is 2.04 bits per heavy atom. The molecule has 0 unspecified atom stereocenters. The van der Waals surface area contributed by atoms with Crippen LogP contribution in [0.4, 0.5) is 0 Å². The summed E-state index contributed by atoms with van der Waals surface area (Å²) in [7, 11) is -3.33. The quantitative estimate of drug-likeness (QED) is 0.390. The lowest BCUT2D eigenvalue weighted by Crippen LogP contribution is -2.48. The third-order valence-corrected chi connectivity index (χ3v) is 4.38. The van der Waals surface area contributed by atoms with Gasteiger partial charge in [0.25, 0.3) is 0 Å². The molecule has 10 heteroatoms. The van der Waals surface area contributed by atoms with Crippen molar-refractivity contribution >= 4 is 27.9 Å². The maximum absolute atomic E-state index is 12.6. The average Bonchev–Trinajstić information content (AvgIpc) is 2.59. The molecule has 0 aliphatic rings. The van der Waals surface area contributed by atoms with Gasteiger partial charge in [0.15, 0.2) is 0 Å². The van der Waals surface area contributed by atoms with E-state index in [-0.39, 0.29) is 18.8 Å². The van der Waals surface area contributed by atoms with Gasteiger partial charge in [0.2, 0.25) is 16.1 Å². The summed E-state index contributed by atoms with van der Waals surface area (Å²) in [5.41, 5.74) is -0.246. The second kappa shape index (κ2) is 9.14. The molecule has 0 spiro atoms. The number of esters is 3. The Bertz CT molecular complexity index is 726. The highest BCUT2D eigenvalue weighted by Gasteiger charge is 2.35. The Balaban J connectivity index is 3.25. The van der Waals surface area contributed by atoms with Gasteiger partial charge in [0.1, 0.15) is 0 Å². The number of hydrogen-bond donors (Lipinski definition) is 1. The largest absolute Gasteiger partial charge is 0.465 e.